The van der Waals surface area contributed by atoms with Crippen molar-refractivity contribution in [3.8, 4) is 0 Å². The first-order valence-corrected chi connectivity index (χ1v) is 7.94. The molecular weight excluding hydrogens is 308 g/mol. The van der Waals surface area contributed by atoms with Gasteiger partial charge >= 0.3 is 5.69 Å². The minimum atomic E-state index is -0.517. The van der Waals surface area contributed by atoms with Crippen LogP contribution in [0.5, 0.6) is 0 Å². The number of anilines is 3. The molecule has 1 heterocycles. The van der Waals surface area contributed by atoms with Crippen molar-refractivity contribution in [1.29, 1.82) is 0 Å². The van der Waals surface area contributed by atoms with Crippen LogP contribution in [-0.2, 0) is 6.42 Å². The Hall–Kier alpha value is -2.74. The lowest BCUT2D eigenvalue weighted by Gasteiger charge is -2.09. The molecule has 0 spiro atoms. The van der Waals surface area contributed by atoms with E-state index in [2.05, 4.69) is 15.3 Å². The number of hydrogen-bond donors (Lipinski definition) is 3. The van der Waals surface area contributed by atoms with Crippen LogP contribution in [0.2, 0.25) is 0 Å². The van der Waals surface area contributed by atoms with Gasteiger partial charge in [0, 0.05) is 5.69 Å². The van der Waals surface area contributed by atoms with Crippen LogP contribution in [0.1, 0.15) is 31.4 Å². The molecule has 1 aromatic heterocycles. The number of aromatic nitrogens is 2. The normalized spacial score (nSPS) is 10.5. The topological polar surface area (TPSA) is 133 Å². The molecule has 8 nitrogen and oxygen atoms in total. The van der Waals surface area contributed by atoms with E-state index in [0.717, 1.165) is 31.4 Å². The zero-order valence-corrected chi connectivity index (χ0v) is 13.4. The molecule has 0 aliphatic heterocycles. The molecule has 0 unspecified atom stereocenters. The van der Waals surface area contributed by atoms with E-state index >= 15 is 0 Å². The van der Waals surface area contributed by atoms with Crippen LogP contribution in [0.25, 0.3) is 0 Å². The first-order chi connectivity index (χ1) is 11.6. The number of nitrogen functional groups attached to an aromatic ring is 1. The molecule has 128 valence electrons. The highest BCUT2D eigenvalue weighted by Gasteiger charge is 2.22. The predicted molar refractivity (Wildman–Crippen MR) is 94.0 cm³/mol. The van der Waals surface area contributed by atoms with Gasteiger partial charge in [0.25, 0.3) is 0 Å². The van der Waals surface area contributed by atoms with Crippen LogP contribution >= 0.6 is 0 Å². The zero-order valence-electron chi connectivity index (χ0n) is 13.4. The van der Waals surface area contributed by atoms with Crippen LogP contribution in [0.3, 0.4) is 0 Å². The quantitative estimate of drug-likeness (QED) is 0.365. The van der Waals surface area contributed by atoms with Crippen molar-refractivity contribution in [1.82, 2.24) is 9.97 Å². The third kappa shape index (κ3) is 4.88. The molecule has 0 bridgehead atoms. The standard InChI is InChI=1S/C16H22N6O2/c17-11-7-2-1-6-10-13-14(22(23)24)15(18)21-16(20-13)19-12-8-4-3-5-9-12/h3-5,8-9H,1-2,6-7,10-11,17H2,(H3,18,19,20,21). The fourth-order valence-electron chi connectivity index (χ4n) is 2.39. The third-order valence-electron chi connectivity index (χ3n) is 3.56. The summed E-state index contributed by atoms with van der Waals surface area (Å²) in [6, 6.07) is 9.34. The summed E-state index contributed by atoms with van der Waals surface area (Å²) in [5.74, 6) is 0.145. The number of para-hydroxylation sites is 1. The average molecular weight is 330 g/mol. The van der Waals surface area contributed by atoms with Gasteiger partial charge in [-0.05, 0) is 37.9 Å². The second kappa shape index (κ2) is 8.78. The third-order valence-corrected chi connectivity index (χ3v) is 3.56. The summed E-state index contributed by atoms with van der Waals surface area (Å²) < 4.78 is 0. The molecule has 0 atom stereocenters. The van der Waals surface area contributed by atoms with Crippen LogP contribution < -0.4 is 16.8 Å². The number of unbranched alkanes of at least 4 members (excludes halogenated alkanes) is 3. The Labute approximate surface area is 140 Å². The van der Waals surface area contributed by atoms with Gasteiger partial charge in [-0.25, -0.2) is 4.98 Å². The highest BCUT2D eigenvalue weighted by atomic mass is 16.6. The van der Waals surface area contributed by atoms with E-state index in [1.165, 1.54) is 0 Å². The molecule has 2 rings (SSSR count). The molecule has 0 radical (unpaired) electrons. The van der Waals surface area contributed by atoms with E-state index in [4.69, 9.17) is 11.5 Å². The lowest BCUT2D eigenvalue weighted by molar-refractivity contribution is -0.385. The Morgan fingerprint density at radius 2 is 1.79 bits per heavy atom. The lowest BCUT2D eigenvalue weighted by Crippen LogP contribution is -2.09. The van der Waals surface area contributed by atoms with Gasteiger partial charge in [0.05, 0.1) is 4.92 Å². The maximum atomic E-state index is 11.3. The summed E-state index contributed by atoms with van der Waals surface area (Å²) in [5, 5.41) is 14.3. The van der Waals surface area contributed by atoms with E-state index in [9.17, 15) is 10.1 Å². The maximum absolute atomic E-state index is 11.3. The summed E-state index contributed by atoms with van der Waals surface area (Å²) in [6.07, 6.45) is 4.17. The van der Waals surface area contributed by atoms with Crippen LogP contribution in [0.4, 0.5) is 23.1 Å². The van der Waals surface area contributed by atoms with Crippen LogP contribution in [-0.4, -0.2) is 21.4 Å². The summed E-state index contributed by atoms with van der Waals surface area (Å²) in [4.78, 5) is 19.0. The number of benzene rings is 1. The maximum Gasteiger partial charge on any atom is 0.332 e. The van der Waals surface area contributed by atoms with Crippen LogP contribution in [0, 0.1) is 10.1 Å². The Morgan fingerprint density at radius 3 is 2.46 bits per heavy atom. The zero-order chi connectivity index (χ0) is 17.4. The van der Waals surface area contributed by atoms with E-state index in [0.29, 0.717) is 18.7 Å². The fourth-order valence-corrected chi connectivity index (χ4v) is 2.39. The lowest BCUT2D eigenvalue weighted by atomic mass is 10.1. The van der Waals surface area contributed by atoms with Crippen molar-refractivity contribution in [2.45, 2.75) is 32.1 Å². The first kappa shape index (κ1) is 17.6. The van der Waals surface area contributed by atoms with Gasteiger partial charge < -0.3 is 16.8 Å². The van der Waals surface area contributed by atoms with Gasteiger partial charge in [0.2, 0.25) is 11.8 Å². The molecule has 8 heteroatoms. The molecule has 2 aromatic rings. The van der Waals surface area contributed by atoms with Gasteiger partial charge in [0.1, 0.15) is 5.69 Å². The molecule has 0 saturated heterocycles. The Kier molecular flexibility index (Phi) is 6.44. The Bertz CT molecular complexity index is 678. The molecule has 0 aliphatic rings. The average Bonchev–Trinajstić information content (AvgIpc) is 2.55. The Balaban J connectivity index is 2.17. The minimum Gasteiger partial charge on any atom is -0.378 e. The smallest absolute Gasteiger partial charge is 0.332 e. The predicted octanol–water partition coefficient (Wildman–Crippen LogP) is 2.77. The van der Waals surface area contributed by atoms with Crippen LogP contribution in [0.15, 0.2) is 30.3 Å². The second-order valence-corrected chi connectivity index (χ2v) is 5.43. The van der Waals surface area contributed by atoms with E-state index in [-0.39, 0.29) is 17.5 Å². The van der Waals surface area contributed by atoms with Gasteiger partial charge in [-0.2, -0.15) is 4.98 Å². The molecule has 0 amide bonds. The number of rotatable bonds is 9. The fraction of sp³-hybridized carbons (Fsp3) is 0.375. The van der Waals surface area contributed by atoms with E-state index < -0.39 is 4.92 Å². The summed E-state index contributed by atoms with van der Waals surface area (Å²) >= 11 is 0. The SMILES string of the molecule is NCCCCCCc1nc(Nc2ccccc2)nc(N)c1[N+](=O)[O-]. The monoisotopic (exact) mass is 330 g/mol. The van der Waals surface area contributed by atoms with E-state index in [1.807, 2.05) is 30.3 Å². The van der Waals surface area contributed by atoms with Gasteiger partial charge in [-0.1, -0.05) is 31.0 Å². The summed E-state index contributed by atoms with van der Waals surface area (Å²) in [6.45, 7) is 0.658. The van der Waals surface area contributed by atoms with Gasteiger partial charge in [0.15, 0.2) is 0 Å². The largest absolute Gasteiger partial charge is 0.378 e. The summed E-state index contributed by atoms with van der Waals surface area (Å²) in [5.41, 5.74) is 12.2. The minimum absolute atomic E-state index is 0.120. The number of nitrogens with zero attached hydrogens (tertiary/aromatic N) is 3. The summed E-state index contributed by atoms with van der Waals surface area (Å²) in [7, 11) is 0. The van der Waals surface area contributed by atoms with Crippen molar-refractivity contribution in [2.24, 2.45) is 5.73 Å². The number of nitro groups is 1. The van der Waals surface area contributed by atoms with Crippen molar-refractivity contribution < 1.29 is 4.92 Å². The van der Waals surface area contributed by atoms with E-state index in [1.54, 1.807) is 0 Å². The molecule has 5 N–H and O–H groups in total. The van der Waals surface area contributed by atoms with Crippen molar-refractivity contribution in [2.75, 3.05) is 17.6 Å². The second-order valence-electron chi connectivity index (χ2n) is 5.43. The molecule has 0 saturated carbocycles. The molecule has 0 fully saturated rings. The number of nitrogens with one attached hydrogen (secondary N) is 1. The number of aryl methyl sites for hydroxylation is 1. The number of nitrogens with two attached hydrogens (primary N) is 2. The first-order valence-electron chi connectivity index (χ1n) is 7.94. The van der Waals surface area contributed by atoms with Gasteiger partial charge in [-0.3, -0.25) is 10.1 Å². The van der Waals surface area contributed by atoms with Crippen molar-refractivity contribution in [3.05, 3.63) is 46.1 Å². The number of hydrogen-bond acceptors (Lipinski definition) is 7. The Morgan fingerprint density at radius 1 is 1.08 bits per heavy atom. The highest BCUT2D eigenvalue weighted by Crippen LogP contribution is 2.27. The molecule has 0 aliphatic carbocycles. The van der Waals surface area contributed by atoms with Gasteiger partial charge in [-0.15, -0.1) is 0 Å². The highest BCUT2D eigenvalue weighted by molar-refractivity contribution is 5.61. The van der Waals surface area contributed by atoms with Crippen molar-refractivity contribution >= 4 is 23.1 Å². The molecule has 1 aromatic carbocycles. The molecular formula is C16H22N6O2. The van der Waals surface area contributed by atoms with Crippen molar-refractivity contribution in [3.63, 3.8) is 0 Å². The molecule has 24 heavy (non-hydrogen) atoms.